The van der Waals surface area contributed by atoms with E-state index >= 15 is 0 Å². The minimum Gasteiger partial charge on any atom is -0.497 e. The number of aryl methyl sites for hydroxylation is 1. The van der Waals surface area contributed by atoms with Crippen molar-refractivity contribution < 1.29 is 23.9 Å². The maximum atomic E-state index is 14.1. The summed E-state index contributed by atoms with van der Waals surface area (Å²) in [4.78, 5) is 44.4. The second kappa shape index (κ2) is 11.5. The van der Waals surface area contributed by atoms with E-state index in [9.17, 15) is 14.4 Å². The Bertz CT molecular complexity index is 1380. The van der Waals surface area contributed by atoms with Crippen LogP contribution >= 0.6 is 0 Å². The molecule has 2 heterocycles. The standard InChI is InChI=1S/C32H35N3O5/c1-22-10-7-8-15-27(22)31(38)35-28(29(36)33-23(2)24-11-5-4-6-12-24)21-40-32(35)16-18-34(19-17-32)30(37)25-13-9-14-26(20-25)39-3/h4-15,20,23,28H,16-19,21H2,1-3H3,(H,33,36)/t23-,28+/m1/s1. The molecule has 0 unspecified atom stereocenters. The third-order valence-corrected chi connectivity index (χ3v) is 7.96. The van der Waals surface area contributed by atoms with E-state index in [1.165, 1.54) is 0 Å². The molecule has 2 saturated heterocycles. The van der Waals surface area contributed by atoms with E-state index in [2.05, 4.69) is 5.32 Å². The Kier molecular flexibility index (Phi) is 7.89. The van der Waals surface area contributed by atoms with E-state index in [0.29, 0.717) is 42.8 Å². The molecule has 3 aromatic rings. The maximum Gasteiger partial charge on any atom is 0.257 e. The fraction of sp³-hybridized carbons (Fsp3) is 0.344. The third kappa shape index (κ3) is 5.31. The smallest absolute Gasteiger partial charge is 0.257 e. The van der Waals surface area contributed by atoms with Crippen molar-refractivity contribution >= 4 is 17.7 Å². The van der Waals surface area contributed by atoms with Crippen LogP contribution in [0.1, 0.15) is 57.7 Å². The summed E-state index contributed by atoms with van der Waals surface area (Å²) in [6.45, 7) is 4.69. The van der Waals surface area contributed by atoms with Crippen molar-refractivity contribution in [3.63, 3.8) is 0 Å². The highest BCUT2D eigenvalue weighted by atomic mass is 16.5. The maximum absolute atomic E-state index is 14.1. The summed E-state index contributed by atoms with van der Waals surface area (Å²) in [5.74, 6) is 0.0160. The molecule has 8 heteroatoms. The number of hydrogen-bond acceptors (Lipinski definition) is 5. The van der Waals surface area contributed by atoms with Gasteiger partial charge in [0.25, 0.3) is 11.8 Å². The number of likely N-dealkylation sites (tertiary alicyclic amines) is 1. The molecule has 0 bridgehead atoms. The van der Waals surface area contributed by atoms with Crippen LogP contribution in [0.25, 0.3) is 0 Å². The number of nitrogens with zero attached hydrogens (tertiary/aromatic N) is 2. The van der Waals surface area contributed by atoms with Gasteiger partial charge in [-0.15, -0.1) is 0 Å². The number of methoxy groups -OCH3 is 1. The highest BCUT2D eigenvalue weighted by Gasteiger charge is 2.54. The topological polar surface area (TPSA) is 88.2 Å². The van der Waals surface area contributed by atoms with Crippen LogP contribution in [0.5, 0.6) is 5.75 Å². The molecule has 40 heavy (non-hydrogen) atoms. The number of amides is 3. The predicted octanol–water partition coefficient (Wildman–Crippen LogP) is 4.35. The lowest BCUT2D eigenvalue weighted by Crippen LogP contribution is -2.60. The molecule has 2 aliphatic heterocycles. The van der Waals surface area contributed by atoms with Crippen LogP contribution in [0, 0.1) is 6.92 Å². The lowest BCUT2D eigenvalue weighted by Gasteiger charge is -2.44. The van der Waals surface area contributed by atoms with Crippen molar-refractivity contribution in [2.24, 2.45) is 0 Å². The zero-order valence-electron chi connectivity index (χ0n) is 23.1. The molecule has 2 atom stereocenters. The molecule has 0 aromatic heterocycles. The molecule has 2 aliphatic rings. The van der Waals surface area contributed by atoms with Gasteiger partial charge in [-0.3, -0.25) is 19.3 Å². The van der Waals surface area contributed by atoms with Crippen LogP contribution in [-0.4, -0.2) is 66.1 Å². The van der Waals surface area contributed by atoms with Crippen LogP contribution in [-0.2, 0) is 9.53 Å². The van der Waals surface area contributed by atoms with Crippen molar-refractivity contribution in [3.05, 3.63) is 101 Å². The molecule has 2 fully saturated rings. The van der Waals surface area contributed by atoms with Gasteiger partial charge >= 0.3 is 0 Å². The molecule has 0 radical (unpaired) electrons. The Morgan fingerprint density at radius 1 is 0.950 bits per heavy atom. The van der Waals surface area contributed by atoms with Crippen LogP contribution in [0.2, 0.25) is 0 Å². The first-order valence-electron chi connectivity index (χ1n) is 13.6. The zero-order chi connectivity index (χ0) is 28.3. The minimum absolute atomic E-state index is 0.0921. The monoisotopic (exact) mass is 541 g/mol. The van der Waals surface area contributed by atoms with Crippen molar-refractivity contribution in [2.75, 3.05) is 26.8 Å². The van der Waals surface area contributed by atoms with Gasteiger partial charge in [-0.05, 0) is 49.2 Å². The molecule has 3 amide bonds. The average Bonchev–Trinajstić information content (AvgIpc) is 3.36. The lowest BCUT2D eigenvalue weighted by molar-refractivity contribution is -0.128. The Labute approximate surface area is 234 Å². The molecule has 1 N–H and O–H groups in total. The Hall–Kier alpha value is -4.17. The van der Waals surface area contributed by atoms with Crippen molar-refractivity contribution in [1.82, 2.24) is 15.1 Å². The quantitative estimate of drug-likeness (QED) is 0.501. The zero-order valence-corrected chi connectivity index (χ0v) is 23.1. The molecule has 208 valence electrons. The number of ether oxygens (including phenoxy) is 2. The van der Waals surface area contributed by atoms with Gasteiger partial charge in [-0.2, -0.15) is 0 Å². The largest absolute Gasteiger partial charge is 0.497 e. The summed E-state index contributed by atoms with van der Waals surface area (Å²) in [6.07, 6.45) is 0.802. The van der Waals surface area contributed by atoms with E-state index in [1.807, 2.05) is 62.4 Å². The van der Waals surface area contributed by atoms with Gasteiger partial charge in [0.05, 0.1) is 19.8 Å². The first-order chi connectivity index (χ1) is 19.3. The summed E-state index contributed by atoms with van der Waals surface area (Å²) >= 11 is 0. The highest BCUT2D eigenvalue weighted by molar-refractivity contribution is 5.99. The first-order valence-corrected chi connectivity index (χ1v) is 13.6. The van der Waals surface area contributed by atoms with Crippen LogP contribution < -0.4 is 10.1 Å². The molecular formula is C32H35N3O5. The molecule has 3 aromatic carbocycles. The number of piperidine rings is 1. The Balaban J connectivity index is 1.38. The number of rotatable bonds is 6. The summed E-state index contributed by atoms with van der Waals surface area (Å²) < 4.78 is 11.6. The van der Waals surface area contributed by atoms with Gasteiger partial charge in [-0.25, -0.2) is 0 Å². The van der Waals surface area contributed by atoms with Crippen LogP contribution in [0.3, 0.4) is 0 Å². The van der Waals surface area contributed by atoms with Gasteiger partial charge < -0.3 is 19.7 Å². The van der Waals surface area contributed by atoms with Gasteiger partial charge in [0.1, 0.15) is 17.5 Å². The number of carbonyl (C=O) groups excluding carboxylic acids is 3. The van der Waals surface area contributed by atoms with Crippen LogP contribution in [0.4, 0.5) is 0 Å². The normalized spacial score (nSPS) is 18.8. The average molecular weight is 542 g/mol. The van der Waals surface area contributed by atoms with Gasteiger partial charge in [0.15, 0.2) is 0 Å². The summed E-state index contributed by atoms with van der Waals surface area (Å²) in [5, 5.41) is 3.08. The summed E-state index contributed by atoms with van der Waals surface area (Å²) in [7, 11) is 1.57. The Morgan fingerprint density at radius 3 is 2.35 bits per heavy atom. The van der Waals surface area contributed by atoms with E-state index < -0.39 is 11.8 Å². The third-order valence-electron chi connectivity index (χ3n) is 7.96. The highest BCUT2D eigenvalue weighted by Crippen LogP contribution is 2.39. The van der Waals surface area contributed by atoms with E-state index in [0.717, 1.165) is 11.1 Å². The predicted molar refractivity (Wildman–Crippen MR) is 151 cm³/mol. The van der Waals surface area contributed by atoms with Crippen molar-refractivity contribution in [3.8, 4) is 5.75 Å². The van der Waals surface area contributed by atoms with Crippen LogP contribution in [0.15, 0.2) is 78.9 Å². The number of hydrogen-bond donors (Lipinski definition) is 1. The lowest BCUT2D eigenvalue weighted by atomic mass is 9.95. The molecule has 8 nitrogen and oxygen atoms in total. The molecule has 5 rings (SSSR count). The Morgan fingerprint density at radius 2 is 1.65 bits per heavy atom. The second-order valence-corrected chi connectivity index (χ2v) is 10.4. The van der Waals surface area contributed by atoms with Crippen molar-refractivity contribution in [1.29, 1.82) is 0 Å². The van der Waals surface area contributed by atoms with Gasteiger partial charge in [-0.1, -0.05) is 54.6 Å². The second-order valence-electron chi connectivity index (χ2n) is 10.4. The molecule has 0 aliphatic carbocycles. The fourth-order valence-corrected chi connectivity index (χ4v) is 5.64. The van der Waals surface area contributed by atoms with E-state index in [1.54, 1.807) is 47.2 Å². The molecule has 1 spiro atoms. The van der Waals surface area contributed by atoms with Gasteiger partial charge in [0, 0.05) is 37.1 Å². The summed E-state index contributed by atoms with van der Waals surface area (Å²) in [5.41, 5.74) is 1.91. The van der Waals surface area contributed by atoms with E-state index in [-0.39, 0.29) is 30.4 Å². The minimum atomic E-state index is -0.984. The molecular weight excluding hydrogens is 506 g/mol. The van der Waals surface area contributed by atoms with Gasteiger partial charge in [0.2, 0.25) is 5.91 Å². The van der Waals surface area contributed by atoms with E-state index in [4.69, 9.17) is 9.47 Å². The molecule has 0 saturated carbocycles. The number of carbonyl (C=O) groups is 3. The SMILES string of the molecule is COc1cccc(C(=O)N2CCC3(CC2)OC[C@@H](C(=O)N[C@H](C)c2ccccc2)N3C(=O)c2ccccc2C)c1. The van der Waals surface area contributed by atoms with Crippen molar-refractivity contribution in [2.45, 2.75) is 44.5 Å². The number of nitrogens with one attached hydrogen (secondary N) is 1. The first kappa shape index (κ1) is 27.4. The fourth-order valence-electron chi connectivity index (χ4n) is 5.64. The summed E-state index contributed by atoms with van der Waals surface area (Å²) in [6, 6.07) is 23.2. The number of benzene rings is 3.